The van der Waals surface area contributed by atoms with Gasteiger partial charge >= 0.3 is 0 Å². The summed E-state index contributed by atoms with van der Waals surface area (Å²) < 4.78 is 29.5. The molecule has 0 spiro atoms. The Hall–Kier alpha value is -1.66. The second-order valence-electron chi connectivity index (χ2n) is 6.98. The van der Waals surface area contributed by atoms with Crippen molar-refractivity contribution in [1.29, 1.82) is 0 Å². The summed E-state index contributed by atoms with van der Waals surface area (Å²) in [4.78, 5) is 0. The largest absolute Gasteiger partial charge is 0.237 e. The quantitative estimate of drug-likeness (QED) is 0.926. The molecule has 0 amide bonds. The van der Waals surface area contributed by atoms with Crippen molar-refractivity contribution in [2.24, 2.45) is 0 Å². The molecule has 1 aromatic carbocycles. The van der Waals surface area contributed by atoms with Crippen LogP contribution >= 0.6 is 0 Å². The van der Waals surface area contributed by atoms with E-state index >= 15 is 0 Å². The van der Waals surface area contributed by atoms with Gasteiger partial charge in [-0.3, -0.25) is 0 Å². The van der Waals surface area contributed by atoms with Crippen molar-refractivity contribution in [3.8, 4) is 5.69 Å². The molecule has 0 radical (unpaired) electrons. The monoisotopic (exact) mass is 345 g/mol. The molecule has 2 aliphatic carbocycles. The first-order valence-corrected chi connectivity index (χ1v) is 10.2. The van der Waals surface area contributed by atoms with Gasteiger partial charge in [-0.15, -0.1) is 0 Å². The van der Waals surface area contributed by atoms with Crippen molar-refractivity contribution in [2.75, 3.05) is 0 Å². The van der Waals surface area contributed by atoms with Crippen molar-refractivity contribution in [2.45, 2.75) is 57.2 Å². The van der Waals surface area contributed by atoms with Gasteiger partial charge in [0.05, 0.1) is 23.2 Å². The number of sulfonamides is 1. The molecule has 0 aliphatic heterocycles. The molecule has 1 fully saturated rings. The molecule has 2 aromatic rings. The minimum absolute atomic E-state index is 0.141. The van der Waals surface area contributed by atoms with Crippen LogP contribution in [0.25, 0.3) is 5.69 Å². The maximum absolute atomic E-state index is 12.3. The second-order valence-corrected chi connectivity index (χ2v) is 8.98. The van der Waals surface area contributed by atoms with Crippen LogP contribution in [0.2, 0.25) is 0 Å². The van der Waals surface area contributed by atoms with Gasteiger partial charge < -0.3 is 0 Å². The Labute approximate surface area is 143 Å². The van der Waals surface area contributed by atoms with Crippen LogP contribution in [-0.4, -0.2) is 23.4 Å². The Balaban J connectivity index is 1.71. The van der Waals surface area contributed by atoms with Gasteiger partial charge in [0.2, 0.25) is 10.0 Å². The summed E-state index contributed by atoms with van der Waals surface area (Å²) in [6.45, 7) is 4.20. The minimum atomic E-state index is -3.19. The average molecular weight is 345 g/mol. The van der Waals surface area contributed by atoms with E-state index in [2.05, 4.69) is 35.8 Å². The van der Waals surface area contributed by atoms with Gasteiger partial charge in [-0.05, 0) is 63.1 Å². The van der Waals surface area contributed by atoms with Crippen LogP contribution in [0.15, 0.2) is 24.4 Å². The van der Waals surface area contributed by atoms with E-state index in [1.54, 1.807) is 0 Å². The van der Waals surface area contributed by atoms with Crippen molar-refractivity contribution in [3.05, 3.63) is 46.8 Å². The van der Waals surface area contributed by atoms with Crippen LogP contribution in [0.5, 0.6) is 0 Å². The molecule has 0 unspecified atom stereocenters. The van der Waals surface area contributed by atoms with Crippen LogP contribution in [-0.2, 0) is 16.4 Å². The minimum Gasteiger partial charge on any atom is -0.237 e. The van der Waals surface area contributed by atoms with Gasteiger partial charge in [-0.1, -0.05) is 12.1 Å². The highest BCUT2D eigenvalue weighted by Crippen LogP contribution is 2.35. The molecule has 0 bridgehead atoms. The summed E-state index contributed by atoms with van der Waals surface area (Å²) in [5.41, 5.74) is 5.70. The van der Waals surface area contributed by atoms with Crippen LogP contribution in [0, 0.1) is 13.8 Å². The summed E-state index contributed by atoms with van der Waals surface area (Å²) in [5.74, 6) is 0. The normalized spacial score (nSPS) is 20.8. The number of rotatable bonds is 4. The predicted molar refractivity (Wildman–Crippen MR) is 93.8 cm³/mol. The van der Waals surface area contributed by atoms with Crippen LogP contribution < -0.4 is 4.72 Å². The standard InChI is InChI=1S/C18H23N3O2S/c1-12-5-3-7-17(13(12)2)21-18-8-4-6-16(15(18)11-19-21)20-24(22,23)14-9-10-14/h3,5,7,11,14,16,20H,4,6,8-10H2,1-2H3/t16-/m0/s1. The number of fused-ring (bicyclic) bond motifs is 1. The summed E-state index contributed by atoms with van der Waals surface area (Å²) in [6.07, 6.45) is 6.17. The van der Waals surface area contributed by atoms with E-state index in [4.69, 9.17) is 0 Å². The van der Waals surface area contributed by atoms with Gasteiger partial charge in [0.15, 0.2) is 0 Å². The van der Waals surface area contributed by atoms with Gasteiger partial charge in [-0.25, -0.2) is 17.8 Å². The maximum Gasteiger partial charge on any atom is 0.215 e. The van der Waals surface area contributed by atoms with Crippen molar-refractivity contribution in [1.82, 2.24) is 14.5 Å². The number of nitrogens with one attached hydrogen (secondary N) is 1. The lowest BCUT2D eigenvalue weighted by atomic mass is 9.93. The Bertz CT molecular complexity index is 882. The van der Waals surface area contributed by atoms with Crippen molar-refractivity contribution >= 4 is 10.0 Å². The zero-order valence-corrected chi connectivity index (χ0v) is 14.9. The fourth-order valence-electron chi connectivity index (χ4n) is 3.52. The molecule has 0 saturated heterocycles. The highest BCUT2D eigenvalue weighted by Gasteiger charge is 2.38. The molecule has 6 heteroatoms. The molecular formula is C18H23N3O2S. The Morgan fingerprint density at radius 3 is 2.75 bits per heavy atom. The van der Waals surface area contributed by atoms with E-state index in [-0.39, 0.29) is 11.3 Å². The van der Waals surface area contributed by atoms with Gasteiger partial charge in [0.25, 0.3) is 0 Å². The van der Waals surface area contributed by atoms with E-state index in [0.717, 1.165) is 49.0 Å². The molecular weight excluding hydrogens is 322 g/mol. The highest BCUT2D eigenvalue weighted by atomic mass is 32.2. The summed E-state index contributed by atoms with van der Waals surface area (Å²) >= 11 is 0. The number of nitrogens with zero attached hydrogens (tertiary/aromatic N) is 2. The third kappa shape index (κ3) is 2.67. The Kier molecular flexibility index (Phi) is 3.77. The lowest BCUT2D eigenvalue weighted by Gasteiger charge is -2.24. The van der Waals surface area contributed by atoms with Gasteiger partial charge in [0, 0.05) is 11.3 Å². The number of hydrogen-bond acceptors (Lipinski definition) is 3. The molecule has 5 nitrogen and oxygen atoms in total. The summed E-state index contributed by atoms with van der Waals surface area (Å²) in [5, 5.41) is 4.41. The van der Waals surface area contributed by atoms with Crippen molar-refractivity contribution < 1.29 is 8.42 Å². The van der Waals surface area contributed by atoms with Gasteiger partial charge in [-0.2, -0.15) is 5.10 Å². The smallest absolute Gasteiger partial charge is 0.215 e. The molecule has 1 atom stereocenters. The maximum atomic E-state index is 12.3. The number of aromatic nitrogens is 2. The van der Waals surface area contributed by atoms with E-state index in [0.29, 0.717) is 0 Å². The molecule has 24 heavy (non-hydrogen) atoms. The van der Waals surface area contributed by atoms with E-state index in [9.17, 15) is 8.42 Å². The zero-order valence-electron chi connectivity index (χ0n) is 14.1. The van der Waals surface area contributed by atoms with Gasteiger partial charge in [0.1, 0.15) is 0 Å². The van der Waals surface area contributed by atoms with E-state index < -0.39 is 10.0 Å². The first-order chi connectivity index (χ1) is 11.5. The van der Waals surface area contributed by atoms with Crippen LogP contribution in [0.3, 0.4) is 0 Å². The van der Waals surface area contributed by atoms with E-state index in [1.807, 2.05) is 16.9 Å². The molecule has 1 N–H and O–H groups in total. The molecule has 1 aromatic heterocycles. The predicted octanol–water partition coefficient (Wildman–Crippen LogP) is 2.95. The zero-order chi connectivity index (χ0) is 16.9. The first-order valence-electron chi connectivity index (χ1n) is 8.62. The first kappa shape index (κ1) is 15.8. The number of benzene rings is 1. The fourth-order valence-corrected chi connectivity index (χ4v) is 5.12. The summed E-state index contributed by atoms with van der Waals surface area (Å²) in [6, 6.07) is 6.08. The summed E-state index contributed by atoms with van der Waals surface area (Å²) in [7, 11) is -3.19. The third-order valence-corrected chi connectivity index (χ3v) is 7.22. The van der Waals surface area contributed by atoms with Crippen molar-refractivity contribution in [3.63, 3.8) is 0 Å². The molecule has 128 valence electrons. The molecule has 1 heterocycles. The second kappa shape index (κ2) is 5.70. The average Bonchev–Trinajstić information content (AvgIpc) is 3.32. The topological polar surface area (TPSA) is 64.0 Å². The fraction of sp³-hybridized carbons (Fsp3) is 0.500. The lowest BCUT2D eigenvalue weighted by molar-refractivity contribution is 0.501. The lowest BCUT2D eigenvalue weighted by Crippen LogP contribution is -2.33. The molecule has 2 aliphatic rings. The number of aryl methyl sites for hydroxylation is 1. The Morgan fingerprint density at radius 2 is 2.00 bits per heavy atom. The van der Waals surface area contributed by atoms with Crippen LogP contribution in [0.1, 0.15) is 54.1 Å². The van der Waals surface area contributed by atoms with E-state index in [1.165, 1.54) is 11.1 Å². The highest BCUT2D eigenvalue weighted by molar-refractivity contribution is 7.90. The number of hydrogen-bond donors (Lipinski definition) is 1. The molecule has 1 saturated carbocycles. The third-order valence-electron chi connectivity index (χ3n) is 5.26. The molecule has 4 rings (SSSR count). The Morgan fingerprint density at radius 1 is 1.21 bits per heavy atom. The van der Waals surface area contributed by atoms with Crippen LogP contribution in [0.4, 0.5) is 0 Å². The SMILES string of the molecule is Cc1cccc(-n2ncc3c2CCC[C@@H]3NS(=O)(=O)C2CC2)c1C.